The summed E-state index contributed by atoms with van der Waals surface area (Å²) in [6, 6.07) is 31.2. The summed E-state index contributed by atoms with van der Waals surface area (Å²) in [5, 5.41) is 0. The van der Waals surface area contributed by atoms with E-state index in [1.54, 1.807) is 0 Å². The number of ether oxygens (including phenoxy) is 1. The average Bonchev–Trinajstić information content (AvgIpc) is 3.42. The van der Waals surface area contributed by atoms with E-state index in [2.05, 4.69) is 77.7 Å². The van der Waals surface area contributed by atoms with Gasteiger partial charge in [-0.2, -0.15) is 0 Å². The highest BCUT2D eigenvalue weighted by Gasteiger charge is 2.70. The molecule has 0 aromatic heterocycles. The van der Waals surface area contributed by atoms with Gasteiger partial charge in [-0.3, -0.25) is 4.79 Å². The molecule has 0 radical (unpaired) electrons. The summed E-state index contributed by atoms with van der Waals surface area (Å²) in [5.41, 5.74) is 2.09. The molecule has 6 rings (SSSR count). The minimum absolute atomic E-state index is 0.195. The second-order valence-electron chi connectivity index (χ2n) is 8.78. The lowest BCUT2D eigenvalue weighted by Crippen LogP contribution is -2.43. The van der Waals surface area contributed by atoms with Gasteiger partial charge in [0.2, 0.25) is 5.91 Å². The van der Waals surface area contributed by atoms with Gasteiger partial charge >= 0.3 is 0 Å². The number of carbonyl (C=O) groups is 1. The van der Waals surface area contributed by atoms with Gasteiger partial charge in [-0.15, -0.1) is 0 Å². The monoisotopic (exact) mass is 395 g/mol. The Morgan fingerprint density at radius 2 is 1.37 bits per heavy atom. The van der Waals surface area contributed by atoms with E-state index >= 15 is 0 Å². The van der Waals surface area contributed by atoms with Crippen LogP contribution < -0.4 is 0 Å². The number of hydrogen-bond donors (Lipinski definition) is 0. The fourth-order valence-electron chi connectivity index (χ4n) is 6.18. The van der Waals surface area contributed by atoms with Gasteiger partial charge < -0.3 is 9.64 Å². The second kappa shape index (κ2) is 6.55. The third-order valence-electron chi connectivity index (χ3n) is 7.32. The maximum absolute atomic E-state index is 13.4. The van der Waals surface area contributed by atoms with E-state index in [4.69, 9.17) is 4.74 Å². The van der Waals surface area contributed by atoms with Crippen molar-refractivity contribution < 1.29 is 9.53 Å². The molecule has 30 heavy (non-hydrogen) atoms. The van der Waals surface area contributed by atoms with Crippen LogP contribution in [0.25, 0.3) is 0 Å². The van der Waals surface area contributed by atoms with Crippen LogP contribution in [0, 0.1) is 5.92 Å². The van der Waals surface area contributed by atoms with Crippen molar-refractivity contribution in [3.63, 3.8) is 0 Å². The van der Waals surface area contributed by atoms with Crippen LogP contribution >= 0.6 is 0 Å². The van der Waals surface area contributed by atoms with Gasteiger partial charge in [0.25, 0.3) is 0 Å². The van der Waals surface area contributed by atoms with Gasteiger partial charge in [-0.05, 0) is 36.0 Å². The number of hydrogen-bond acceptors (Lipinski definition) is 2. The lowest BCUT2D eigenvalue weighted by atomic mass is 9.77. The van der Waals surface area contributed by atoms with Crippen LogP contribution in [0.15, 0.2) is 91.0 Å². The lowest BCUT2D eigenvalue weighted by Gasteiger charge is -2.37. The van der Waals surface area contributed by atoms with E-state index in [0.717, 1.165) is 36.0 Å². The third-order valence-corrected chi connectivity index (χ3v) is 7.32. The third kappa shape index (κ3) is 2.27. The summed E-state index contributed by atoms with van der Waals surface area (Å²) in [6.45, 7) is 0. The van der Waals surface area contributed by atoms with Crippen molar-refractivity contribution in [2.45, 2.75) is 43.1 Å². The molecule has 150 valence electrons. The van der Waals surface area contributed by atoms with Crippen molar-refractivity contribution in [2.24, 2.45) is 5.92 Å². The SMILES string of the molecule is O=C1C[C@H]2CCC[C@]23OC(c2ccccc2)(c2ccccc2)[C@@H](c2ccccc2)N13. The zero-order valence-electron chi connectivity index (χ0n) is 16.9. The molecule has 3 aromatic carbocycles. The molecule has 3 atom stereocenters. The van der Waals surface area contributed by atoms with Crippen LogP contribution in [0.3, 0.4) is 0 Å². The average molecular weight is 396 g/mol. The molecule has 0 N–H and O–H groups in total. The maximum atomic E-state index is 13.4. The second-order valence-corrected chi connectivity index (χ2v) is 8.78. The number of carbonyl (C=O) groups excluding carboxylic acids is 1. The summed E-state index contributed by atoms with van der Waals surface area (Å²) in [4.78, 5) is 15.6. The molecule has 3 aromatic rings. The van der Waals surface area contributed by atoms with Crippen LogP contribution in [0.5, 0.6) is 0 Å². The predicted octanol–water partition coefficient (Wildman–Crippen LogP) is 5.43. The van der Waals surface area contributed by atoms with E-state index in [1.165, 1.54) is 0 Å². The van der Waals surface area contributed by atoms with Gasteiger partial charge in [-0.25, -0.2) is 0 Å². The molecule has 2 aliphatic heterocycles. The van der Waals surface area contributed by atoms with Crippen molar-refractivity contribution in [3.8, 4) is 0 Å². The number of rotatable bonds is 3. The number of nitrogens with zero attached hydrogens (tertiary/aromatic N) is 1. The summed E-state index contributed by atoms with van der Waals surface area (Å²) in [6.07, 6.45) is 3.68. The zero-order valence-corrected chi connectivity index (χ0v) is 16.9. The quantitative estimate of drug-likeness (QED) is 0.592. The van der Waals surface area contributed by atoms with Crippen molar-refractivity contribution in [2.75, 3.05) is 0 Å². The smallest absolute Gasteiger partial charge is 0.225 e. The first-order valence-corrected chi connectivity index (χ1v) is 10.9. The molecule has 0 bridgehead atoms. The molecule has 1 spiro atoms. The summed E-state index contributed by atoms with van der Waals surface area (Å²) < 4.78 is 7.30. The lowest BCUT2D eigenvalue weighted by molar-refractivity contribution is -0.147. The molecule has 2 heterocycles. The van der Waals surface area contributed by atoms with E-state index in [9.17, 15) is 4.79 Å². The molecule has 2 saturated heterocycles. The highest BCUT2D eigenvalue weighted by Crippen LogP contribution is 2.65. The fraction of sp³-hybridized carbons (Fsp3) is 0.296. The molecule has 3 heteroatoms. The topological polar surface area (TPSA) is 29.5 Å². The van der Waals surface area contributed by atoms with Gasteiger partial charge in [0.05, 0.1) is 6.04 Å². The van der Waals surface area contributed by atoms with E-state index in [0.29, 0.717) is 6.42 Å². The largest absolute Gasteiger partial charge is 0.337 e. The van der Waals surface area contributed by atoms with Crippen LogP contribution in [-0.4, -0.2) is 16.5 Å². The van der Waals surface area contributed by atoms with Crippen LogP contribution in [0.4, 0.5) is 0 Å². The van der Waals surface area contributed by atoms with Crippen molar-refractivity contribution >= 4 is 5.91 Å². The van der Waals surface area contributed by atoms with Crippen LogP contribution in [0.2, 0.25) is 0 Å². The maximum Gasteiger partial charge on any atom is 0.225 e. The first-order valence-electron chi connectivity index (χ1n) is 10.9. The van der Waals surface area contributed by atoms with E-state index in [1.807, 2.05) is 18.2 Å². The van der Waals surface area contributed by atoms with Crippen molar-refractivity contribution in [3.05, 3.63) is 108 Å². The molecule has 1 saturated carbocycles. The Balaban J connectivity index is 1.68. The van der Waals surface area contributed by atoms with Crippen LogP contribution in [0.1, 0.15) is 48.4 Å². The minimum atomic E-state index is -0.734. The van der Waals surface area contributed by atoms with Gasteiger partial charge in [0.1, 0.15) is 11.3 Å². The first kappa shape index (κ1) is 17.9. The van der Waals surface area contributed by atoms with Crippen molar-refractivity contribution in [1.29, 1.82) is 0 Å². The first-order chi connectivity index (χ1) is 14.8. The zero-order chi connectivity index (χ0) is 20.2. The van der Waals surface area contributed by atoms with Crippen LogP contribution in [-0.2, 0) is 15.1 Å². The molecule has 1 aliphatic carbocycles. The van der Waals surface area contributed by atoms with Gasteiger partial charge in [0, 0.05) is 12.3 Å². The molecule has 3 nitrogen and oxygen atoms in total. The minimum Gasteiger partial charge on any atom is -0.337 e. The van der Waals surface area contributed by atoms with Gasteiger partial charge in [0.15, 0.2) is 0 Å². The van der Waals surface area contributed by atoms with Crippen molar-refractivity contribution in [1.82, 2.24) is 4.90 Å². The predicted molar refractivity (Wildman–Crippen MR) is 115 cm³/mol. The Bertz CT molecular complexity index is 1030. The van der Waals surface area contributed by atoms with E-state index in [-0.39, 0.29) is 17.9 Å². The molecular weight excluding hydrogens is 370 g/mol. The highest BCUT2D eigenvalue weighted by molar-refractivity contribution is 5.82. The standard InChI is InChI=1S/C27H25NO2/c29-24-19-23-17-10-18-26(23)28(24)25(20-11-4-1-5-12-20)27(30-26,21-13-6-2-7-14-21)22-15-8-3-9-16-22/h1-9,11-16,23,25H,10,17-19H2/t23-,25-,26+/m1/s1. The summed E-state index contributed by atoms with van der Waals surface area (Å²) >= 11 is 0. The molecule has 3 aliphatic rings. The summed E-state index contributed by atoms with van der Waals surface area (Å²) in [7, 11) is 0. The van der Waals surface area contributed by atoms with Gasteiger partial charge in [-0.1, -0.05) is 91.0 Å². The normalized spacial score (nSPS) is 29.1. The number of benzene rings is 3. The fourth-order valence-corrected chi connectivity index (χ4v) is 6.18. The Kier molecular flexibility index (Phi) is 3.91. The Hall–Kier alpha value is -2.91. The summed E-state index contributed by atoms with van der Waals surface area (Å²) in [5.74, 6) is 0.493. The van der Waals surface area contributed by atoms with E-state index < -0.39 is 11.3 Å². The molecule has 0 unspecified atom stereocenters. The Morgan fingerprint density at radius 1 is 0.800 bits per heavy atom. The number of amides is 1. The highest BCUT2D eigenvalue weighted by atomic mass is 16.6. The molecular formula is C27H25NO2. The Morgan fingerprint density at radius 3 is 1.97 bits per heavy atom. The Labute approximate surface area is 177 Å². The molecule has 1 amide bonds. The molecule has 3 fully saturated rings.